The maximum atomic E-state index is 9.91. The van der Waals surface area contributed by atoms with E-state index in [0.29, 0.717) is 19.4 Å². The first kappa shape index (κ1) is 8.59. The average molecular weight is 165 g/mol. The van der Waals surface area contributed by atoms with Gasteiger partial charge >= 0.3 is 0 Å². The number of carbonyl (C=O) groups excluding carboxylic acids is 1. The van der Waals surface area contributed by atoms with Gasteiger partial charge in [-0.3, -0.25) is 4.79 Å². The molecule has 0 aliphatic heterocycles. The van der Waals surface area contributed by atoms with Gasteiger partial charge in [0, 0.05) is 6.54 Å². The molecule has 2 N–H and O–H groups in total. The molecule has 0 saturated heterocycles. The van der Waals surface area contributed by atoms with E-state index in [1.807, 2.05) is 12.1 Å². The maximum Gasteiger partial charge on any atom is 0.207 e. The van der Waals surface area contributed by atoms with Crippen LogP contribution in [0.4, 0.5) is 0 Å². The molecule has 0 fully saturated rings. The molecule has 0 radical (unpaired) electrons. The van der Waals surface area contributed by atoms with Gasteiger partial charge in [0.05, 0.1) is 0 Å². The highest BCUT2D eigenvalue weighted by Crippen LogP contribution is 2.15. The lowest BCUT2D eigenvalue weighted by atomic mass is 10.1. The fourth-order valence-corrected chi connectivity index (χ4v) is 0.988. The molecule has 1 aromatic rings. The minimum Gasteiger partial charge on any atom is -0.508 e. The molecule has 3 heteroatoms. The van der Waals surface area contributed by atoms with Gasteiger partial charge in [0.15, 0.2) is 0 Å². The second-order valence-corrected chi connectivity index (χ2v) is 2.45. The summed E-state index contributed by atoms with van der Waals surface area (Å²) < 4.78 is 0. The monoisotopic (exact) mass is 165 g/mol. The number of benzene rings is 1. The van der Waals surface area contributed by atoms with Crippen LogP contribution in [0.15, 0.2) is 24.3 Å². The third kappa shape index (κ3) is 2.27. The molecule has 3 nitrogen and oxygen atoms in total. The topological polar surface area (TPSA) is 49.3 Å². The molecule has 0 heterocycles. The number of para-hydroxylation sites is 1. The quantitative estimate of drug-likeness (QED) is 0.509. The third-order valence-corrected chi connectivity index (χ3v) is 1.61. The Hall–Kier alpha value is -1.51. The van der Waals surface area contributed by atoms with Crippen LogP contribution in [0.5, 0.6) is 5.75 Å². The summed E-state index contributed by atoms with van der Waals surface area (Å²) in [6.07, 6.45) is 1.31. The number of phenols is 1. The molecule has 0 aromatic heterocycles. The number of nitrogens with one attached hydrogen (secondary N) is 1. The van der Waals surface area contributed by atoms with E-state index in [-0.39, 0.29) is 5.75 Å². The maximum absolute atomic E-state index is 9.91. The lowest BCUT2D eigenvalue weighted by Gasteiger charge is -2.02. The van der Waals surface area contributed by atoms with Crippen LogP contribution in [-0.2, 0) is 11.2 Å². The zero-order valence-electron chi connectivity index (χ0n) is 6.66. The highest BCUT2D eigenvalue weighted by Gasteiger charge is 1.97. The Morgan fingerprint density at radius 2 is 2.17 bits per heavy atom. The van der Waals surface area contributed by atoms with Gasteiger partial charge in [-0.05, 0) is 18.1 Å². The Bertz CT molecular complexity index is 260. The fraction of sp³-hybridized carbons (Fsp3) is 0.222. The number of rotatable bonds is 4. The minimum atomic E-state index is 0.283. The highest BCUT2D eigenvalue weighted by atomic mass is 16.3. The van der Waals surface area contributed by atoms with Crippen molar-refractivity contribution in [2.75, 3.05) is 6.54 Å². The summed E-state index contributed by atoms with van der Waals surface area (Å²) in [5, 5.41) is 11.8. The zero-order valence-corrected chi connectivity index (χ0v) is 6.66. The first-order valence-corrected chi connectivity index (χ1v) is 3.78. The summed E-state index contributed by atoms with van der Waals surface area (Å²) >= 11 is 0. The Morgan fingerprint density at radius 1 is 1.42 bits per heavy atom. The van der Waals surface area contributed by atoms with Crippen LogP contribution < -0.4 is 5.32 Å². The highest BCUT2D eigenvalue weighted by molar-refractivity contribution is 5.46. The van der Waals surface area contributed by atoms with Crippen molar-refractivity contribution in [2.45, 2.75) is 6.42 Å². The molecule has 1 aromatic carbocycles. The second kappa shape index (κ2) is 4.38. The number of phenolic OH excluding ortho intramolecular Hbond substituents is 1. The minimum absolute atomic E-state index is 0.283. The average Bonchev–Trinajstić information content (AvgIpc) is 2.09. The first-order valence-electron chi connectivity index (χ1n) is 3.78. The van der Waals surface area contributed by atoms with Gasteiger partial charge in [0.1, 0.15) is 5.75 Å². The molecule has 0 atom stereocenters. The summed E-state index contributed by atoms with van der Waals surface area (Å²) in [7, 11) is 0. The molecule has 1 amide bonds. The molecule has 1 rings (SSSR count). The molecule has 0 aliphatic carbocycles. The number of amides is 1. The van der Waals surface area contributed by atoms with Crippen LogP contribution in [0.25, 0.3) is 0 Å². The van der Waals surface area contributed by atoms with E-state index in [1.54, 1.807) is 12.1 Å². The normalized spacial score (nSPS) is 9.33. The fourth-order valence-electron chi connectivity index (χ4n) is 0.988. The van der Waals surface area contributed by atoms with E-state index in [0.717, 1.165) is 5.56 Å². The van der Waals surface area contributed by atoms with Gasteiger partial charge in [-0.2, -0.15) is 0 Å². The Morgan fingerprint density at radius 3 is 2.83 bits per heavy atom. The summed E-state index contributed by atoms with van der Waals surface area (Å²) in [5.41, 5.74) is 0.854. The smallest absolute Gasteiger partial charge is 0.207 e. The van der Waals surface area contributed by atoms with E-state index < -0.39 is 0 Å². The van der Waals surface area contributed by atoms with Crippen LogP contribution >= 0.6 is 0 Å². The van der Waals surface area contributed by atoms with Gasteiger partial charge in [0.25, 0.3) is 0 Å². The molecule has 0 saturated carbocycles. The van der Waals surface area contributed by atoms with Gasteiger partial charge in [-0.15, -0.1) is 0 Å². The van der Waals surface area contributed by atoms with Crippen molar-refractivity contribution < 1.29 is 9.90 Å². The zero-order chi connectivity index (χ0) is 8.81. The predicted molar refractivity (Wildman–Crippen MR) is 45.9 cm³/mol. The molecule has 0 aliphatic rings. The number of carbonyl (C=O) groups is 1. The number of aromatic hydroxyl groups is 1. The SMILES string of the molecule is O=CNCCc1ccccc1O. The van der Waals surface area contributed by atoms with Gasteiger partial charge < -0.3 is 10.4 Å². The summed E-state index contributed by atoms with van der Waals surface area (Å²) in [4.78, 5) is 9.91. The van der Waals surface area contributed by atoms with Crippen molar-refractivity contribution in [1.82, 2.24) is 5.32 Å². The summed E-state index contributed by atoms with van der Waals surface area (Å²) in [5.74, 6) is 0.283. The van der Waals surface area contributed by atoms with Crippen molar-refractivity contribution in [3.05, 3.63) is 29.8 Å². The van der Waals surface area contributed by atoms with Crippen LogP contribution in [0.1, 0.15) is 5.56 Å². The molecule has 12 heavy (non-hydrogen) atoms. The Labute approximate surface area is 71.0 Å². The van der Waals surface area contributed by atoms with Crippen LogP contribution in [0.3, 0.4) is 0 Å². The van der Waals surface area contributed by atoms with Crippen molar-refractivity contribution in [3.63, 3.8) is 0 Å². The van der Waals surface area contributed by atoms with Crippen LogP contribution in [0, 0.1) is 0 Å². The lowest BCUT2D eigenvalue weighted by molar-refractivity contribution is -0.109. The second-order valence-electron chi connectivity index (χ2n) is 2.45. The van der Waals surface area contributed by atoms with Crippen molar-refractivity contribution >= 4 is 6.41 Å². The van der Waals surface area contributed by atoms with E-state index >= 15 is 0 Å². The van der Waals surface area contributed by atoms with Crippen molar-refractivity contribution in [2.24, 2.45) is 0 Å². The standard InChI is InChI=1S/C9H11NO2/c11-7-10-6-5-8-3-1-2-4-9(8)12/h1-4,7,12H,5-6H2,(H,10,11). The molecular weight excluding hydrogens is 154 g/mol. The lowest BCUT2D eigenvalue weighted by Crippen LogP contribution is -2.14. The van der Waals surface area contributed by atoms with E-state index in [4.69, 9.17) is 0 Å². The van der Waals surface area contributed by atoms with Gasteiger partial charge in [-0.25, -0.2) is 0 Å². The Kier molecular flexibility index (Phi) is 3.14. The van der Waals surface area contributed by atoms with Crippen LogP contribution in [0.2, 0.25) is 0 Å². The molecule has 64 valence electrons. The third-order valence-electron chi connectivity index (χ3n) is 1.61. The van der Waals surface area contributed by atoms with E-state index in [1.165, 1.54) is 0 Å². The largest absolute Gasteiger partial charge is 0.508 e. The molecule has 0 bridgehead atoms. The number of hydrogen-bond acceptors (Lipinski definition) is 2. The van der Waals surface area contributed by atoms with E-state index in [9.17, 15) is 9.90 Å². The predicted octanol–water partition coefficient (Wildman–Crippen LogP) is 0.681. The molecular formula is C9H11NO2. The Balaban J connectivity index is 2.51. The van der Waals surface area contributed by atoms with Gasteiger partial charge in [-0.1, -0.05) is 18.2 Å². The summed E-state index contributed by atoms with van der Waals surface area (Å²) in [6.45, 7) is 0.557. The summed E-state index contributed by atoms with van der Waals surface area (Å²) in [6, 6.07) is 7.10. The molecule has 0 spiro atoms. The van der Waals surface area contributed by atoms with Crippen molar-refractivity contribution in [1.29, 1.82) is 0 Å². The van der Waals surface area contributed by atoms with Crippen LogP contribution in [-0.4, -0.2) is 18.1 Å². The first-order chi connectivity index (χ1) is 5.84. The van der Waals surface area contributed by atoms with Gasteiger partial charge in [0.2, 0.25) is 6.41 Å². The van der Waals surface area contributed by atoms with Crippen molar-refractivity contribution in [3.8, 4) is 5.75 Å². The van der Waals surface area contributed by atoms with E-state index in [2.05, 4.69) is 5.32 Å². The number of hydrogen-bond donors (Lipinski definition) is 2. The molecule has 0 unspecified atom stereocenters.